The maximum Gasteiger partial charge on any atom is 0.306 e. The summed E-state index contributed by atoms with van der Waals surface area (Å²) in [6.45, 7) is 6.51. The molecule has 0 spiro atoms. The Balaban J connectivity index is 4.38. The Kier molecular flexibility index (Phi) is 59.3. The van der Waals surface area contributed by atoms with E-state index in [2.05, 4.69) is 106 Å². The summed E-state index contributed by atoms with van der Waals surface area (Å²) >= 11 is 0. The number of unbranched alkanes of at least 4 members (excludes halogenated alkanes) is 32. The van der Waals surface area contributed by atoms with Gasteiger partial charge in [0.1, 0.15) is 13.2 Å². The monoisotopic (exact) mass is 1030 g/mol. The number of carbonyl (C=O) groups is 3. The first kappa shape index (κ1) is 70.6. The molecule has 0 aliphatic carbocycles. The van der Waals surface area contributed by atoms with Crippen molar-refractivity contribution < 1.29 is 28.6 Å². The van der Waals surface area contributed by atoms with Crippen molar-refractivity contribution >= 4 is 17.9 Å². The Bertz CT molecular complexity index is 1420. The molecule has 0 aromatic carbocycles. The third kappa shape index (κ3) is 59.5. The van der Waals surface area contributed by atoms with E-state index < -0.39 is 6.10 Å². The fourth-order valence-electron chi connectivity index (χ4n) is 8.91. The maximum absolute atomic E-state index is 12.9. The molecule has 1 unspecified atom stereocenters. The molecule has 0 heterocycles. The van der Waals surface area contributed by atoms with E-state index in [0.717, 1.165) is 116 Å². The fourth-order valence-corrected chi connectivity index (χ4v) is 8.91. The predicted molar refractivity (Wildman–Crippen MR) is 321 cm³/mol. The van der Waals surface area contributed by atoms with E-state index in [1.165, 1.54) is 154 Å². The van der Waals surface area contributed by atoms with Crippen LogP contribution in [0.25, 0.3) is 0 Å². The number of esters is 3. The summed E-state index contributed by atoms with van der Waals surface area (Å²) in [5.41, 5.74) is 0. The van der Waals surface area contributed by atoms with Crippen LogP contribution in [0.4, 0.5) is 0 Å². The maximum atomic E-state index is 12.9. The second-order valence-corrected chi connectivity index (χ2v) is 20.9. The third-order valence-electron chi connectivity index (χ3n) is 13.6. The van der Waals surface area contributed by atoms with Crippen LogP contribution in [0.5, 0.6) is 0 Å². The molecule has 0 aromatic heterocycles. The van der Waals surface area contributed by atoms with Gasteiger partial charge in [-0.3, -0.25) is 14.4 Å². The van der Waals surface area contributed by atoms with Crippen LogP contribution < -0.4 is 0 Å². The van der Waals surface area contributed by atoms with E-state index in [0.29, 0.717) is 19.3 Å². The zero-order valence-electron chi connectivity index (χ0n) is 48.8. The Morgan fingerprint density at radius 1 is 0.284 bits per heavy atom. The van der Waals surface area contributed by atoms with Gasteiger partial charge in [0.05, 0.1) is 0 Å². The van der Waals surface area contributed by atoms with Crippen molar-refractivity contribution in [2.75, 3.05) is 13.2 Å². The second-order valence-electron chi connectivity index (χ2n) is 20.9. The number of rotatable bonds is 57. The SMILES string of the molecule is CC/C=C\C/C=C\C/C=C\C/C=C\C/C=C\CCCCCCCCCC(=O)OCC(COC(=O)CCCCCCC/C=C\C/C=C\CCCCC)OC(=O)CCCCCCCCCCCCCCCCCCCC. The molecule has 0 rings (SSSR count). The minimum atomic E-state index is -0.787. The molecule has 74 heavy (non-hydrogen) atoms. The highest BCUT2D eigenvalue weighted by Crippen LogP contribution is 2.17. The van der Waals surface area contributed by atoms with Gasteiger partial charge in [-0.05, 0) is 96.3 Å². The summed E-state index contributed by atoms with van der Waals surface area (Å²) in [4.78, 5) is 38.3. The van der Waals surface area contributed by atoms with Gasteiger partial charge in [-0.15, -0.1) is 0 Å². The van der Waals surface area contributed by atoms with Gasteiger partial charge in [-0.2, -0.15) is 0 Å². The number of carbonyl (C=O) groups excluding carboxylic acids is 3. The van der Waals surface area contributed by atoms with Gasteiger partial charge in [-0.1, -0.05) is 279 Å². The van der Waals surface area contributed by atoms with E-state index in [1.807, 2.05) is 0 Å². The molecular formula is C68H118O6. The van der Waals surface area contributed by atoms with Gasteiger partial charge in [0.15, 0.2) is 6.10 Å². The summed E-state index contributed by atoms with van der Waals surface area (Å²) in [7, 11) is 0. The fraction of sp³-hybridized carbons (Fsp3) is 0.750. The zero-order chi connectivity index (χ0) is 53.6. The van der Waals surface area contributed by atoms with Crippen LogP contribution >= 0.6 is 0 Å². The Morgan fingerprint density at radius 2 is 0.527 bits per heavy atom. The predicted octanol–water partition coefficient (Wildman–Crippen LogP) is 21.5. The van der Waals surface area contributed by atoms with E-state index in [4.69, 9.17) is 14.2 Å². The van der Waals surface area contributed by atoms with E-state index >= 15 is 0 Å². The highest BCUT2D eigenvalue weighted by Gasteiger charge is 2.19. The van der Waals surface area contributed by atoms with E-state index in [9.17, 15) is 14.4 Å². The van der Waals surface area contributed by atoms with E-state index in [1.54, 1.807) is 0 Å². The lowest BCUT2D eigenvalue weighted by Gasteiger charge is -2.18. The minimum Gasteiger partial charge on any atom is -0.462 e. The molecule has 0 amide bonds. The largest absolute Gasteiger partial charge is 0.462 e. The summed E-state index contributed by atoms with van der Waals surface area (Å²) in [5.74, 6) is -0.894. The lowest BCUT2D eigenvalue weighted by Crippen LogP contribution is -2.30. The molecular weight excluding hydrogens is 913 g/mol. The molecule has 426 valence electrons. The van der Waals surface area contributed by atoms with Crippen molar-refractivity contribution in [1.82, 2.24) is 0 Å². The molecule has 0 bridgehead atoms. The molecule has 0 N–H and O–H groups in total. The molecule has 6 heteroatoms. The van der Waals surface area contributed by atoms with Gasteiger partial charge >= 0.3 is 17.9 Å². The molecule has 0 saturated heterocycles. The molecule has 0 saturated carbocycles. The second kappa shape index (κ2) is 62.1. The Morgan fingerprint density at radius 3 is 0.851 bits per heavy atom. The Labute approximate surface area is 458 Å². The zero-order valence-corrected chi connectivity index (χ0v) is 48.8. The van der Waals surface area contributed by atoms with Gasteiger partial charge in [0.2, 0.25) is 0 Å². The van der Waals surface area contributed by atoms with Crippen molar-refractivity contribution in [3.8, 4) is 0 Å². The summed E-state index contributed by atoms with van der Waals surface area (Å²) in [6, 6.07) is 0. The van der Waals surface area contributed by atoms with Crippen LogP contribution in [0.1, 0.15) is 310 Å². The summed E-state index contributed by atoms with van der Waals surface area (Å²) < 4.78 is 16.9. The molecule has 0 fully saturated rings. The first-order valence-electron chi connectivity index (χ1n) is 31.6. The summed E-state index contributed by atoms with van der Waals surface area (Å²) in [5, 5.41) is 0. The van der Waals surface area contributed by atoms with Crippen LogP contribution in [-0.4, -0.2) is 37.2 Å². The average Bonchev–Trinajstić information content (AvgIpc) is 3.40. The average molecular weight is 1030 g/mol. The van der Waals surface area contributed by atoms with Gasteiger partial charge in [0, 0.05) is 19.3 Å². The van der Waals surface area contributed by atoms with Crippen molar-refractivity contribution in [1.29, 1.82) is 0 Å². The van der Waals surface area contributed by atoms with Crippen LogP contribution in [0.15, 0.2) is 85.1 Å². The third-order valence-corrected chi connectivity index (χ3v) is 13.6. The molecule has 0 aliphatic heterocycles. The first-order chi connectivity index (χ1) is 36.5. The first-order valence-corrected chi connectivity index (χ1v) is 31.6. The van der Waals surface area contributed by atoms with Gasteiger partial charge in [-0.25, -0.2) is 0 Å². The van der Waals surface area contributed by atoms with Crippen LogP contribution in [0.2, 0.25) is 0 Å². The number of ether oxygens (including phenoxy) is 3. The molecule has 0 radical (unpaired) electrons. The molecule has 0 aromatic rings. The number of allylic oxidation sites excluding steroid dienone is 14. The quantitative estimate of drug-likeness (QED) is 0.0261. The van der Waals surface area contributed by atoms with Crippen molar-refractivity contribution in [3.63, 3.8) is 0 Å². The van der Waals surface area contributed by atoms with Crippen LogP contribution in [-0.2, 0) is 28.6 Å². The lowest BCUT2D eigenvalue weighted by molar-refractivity contribution is -0.167. The molecule has 6 nitrogen and oxygen atoms in total. The van der Waals surface area contributed by atoms with Crippen molar-refractivity contribution in [2.45, 2.75) is 316 Å². The smallest absolute Gasteiger partial charge is 0.306 e. The lowest BCUT2D eigenvalue weighted by atomic mass is 10.0. The molecule has 1 atom stereocenters. The topological polar surface area (TPSA) is 78.9 Å². The summed E-state index contributed by atoms with van der Waals surface area (Å²) in [6.07, 6.45) is 81.5. The van der Waals surface area contributed by atoms with Gasteiger partial charge in [0.25, 0.3) is 0 Å². The normalized spacial score (nSPS) is 12.6. The number of hydrogen-bond acceptors (Lipinski definition) is 6. The van der Waals surface area contributed by atoms with Crippen molar-refractivity contribution in [3.05, 3.63) is 85.1 Å². The standard InChI is InChI=1S/C68H118O6/c1-4-7-10-13-16-19-22-25-28-30-32-33-34-35-36-38-40-43-46-49-52-55-58-61-67(70)73-64-65(63-72-66(69)60-57-54-51-48-45-42-39-27-24-21-18-15-12-9-6-3)74-68(71)62-59-56-53-50-47-44-41-37-31-29-26-23-20-17-14-11-8-5-2/h7,10,16,18-19,21,25,27-28,32-33,35-36,39,65H,4-6,8-9,11-15,17,20,22-24,26,29-31,34,37-38,40-64H2,1-3H3/b10-7-,19-16-,21-18-,28-25-,33-32-,36-35-,39-27-. The minimum absolute atomic E-state index is 0.0848. The Hall–Kier alpha value is -3.41. The van der Waals surface area contributed by atoms with Crippen LogP contribution in [0, 0.1) is 0 Å². The van der Waals surface area contributed by atoms with Gasteiger partial charge < -0.3 is 14.2 Å². The highest BCUT2D eigenvalue weighted by atomic mass is 16.6. The van der Waals surface area contributed by atoms with Crippen molar-refractivity contribution in [2.24, 2.45) is 0 Å². The highest BCUT2D eigenvalue weighted by molar-refractivity contribution is 5.71. The molecule has 0 aliphatic rings. The van der Waals surface area contributed by atoms with E-state index in [-0.39, 0.29) is 31.1 Å². The number of hydrogen-bond donors (Lipinski definition) is 0. The van der Waals surface area contributed by atoms with Crippen LogP contribution in [0.3, 0.4) is 0 Å².